The quantitative estimate of drug-likeness (QED) is 0.505. The Morgan fingerprint density at radius 1 is 1.00 bits per heavy atom. The first-order valence-corrected chi connectivity index (χ1v) is 10.8. The van der Waals surface area contributed by atoms with Crippen LogP contribution in [0.5, 0.6) is 5.75 Å². The average Bonchev–Trinajstić information content (AvgIpc) is 3.19. The third-order valence-electron chi connectivity index (χ3n) is 6.54. The second-order valence-electron chi connectivity index (χ2n) is 8.82. The lowest BCUT2D eigenvalue weighted by Gasteiger charge is -2.44. The van der Waals surface area contributed by atoms with Crippen LogP contribution in [0.1, 0.15) is 25.3 Å². The van der Waals surface area contributed by atoms with E-state index in [9.17, 15) is 0 Å². The molecular formula is C26H24N4O. The Bertz CT molecular complexity index is 1250. The van der Waals surface area contributed by atoms with Gasteiger partial charge in [0.1, 0.15) is 11.6 Å². The number of fused-ring (bicyclic) bond motifs is 3. The van der Waals surface area contributed by atoms with Crippen LogP contribution in [0.2, 0.25) is 0 Å². The number of hydrogen-bond donors (Lipinski definition) is 1. The van der Waals surface area contributed by atoms with Crippen LogP contribution < -0.4 is 10.5 Å². The predicted octanol–water partition coefficient (Wildman–Crippen LogP) is 5.21. The molecule has 1 aliphatic carbocycles. The summed E-state index contributed by atoms with van der Waals surface area (Å²) in [5.74, 6) is 2.40. The highest BCUT2D eigenvalue weighted by Gasteiger charge is 2.39. The summed E-state index contributed by atoms with van der Waals surface area (Å²) in [6.45, 7) is 2.68. The molecule has 5 nitrogen and oxygen atoms in total. The number of imidazole rings is 1. The van der Waals surface area contributed by atoms with Crippen LogP contribution >= 0.6 is 0 Å². The molecule has 154 valence electrons. The average molecular weight is 409 g/mol. The molecule has 31 heavy (non-hydrogen) atoms. The third-order valence-corrected chi connectivity index (χ3v) is 6.54. The van der Waals surface area contributed by atoms with Crippen molar-refractivity contribution in [1.82, 2.24) is 14.5 Å². The molecule has 1 saturated carbocycles. The molecule has 0 bridgehead atoms. The largest absolute Gasteiger partial charge is 0.472 e. The number of benzene rings is 2. The Hall–Kier alpha value is -3.44. The number of aromatic nitrogens is 3. The standard InChI is InChI=1S/C26H24N4O/c1-17-13-26(27,14-17)20-9-7-18(8-10-20)23-24(19-5-3-2-4-6-19)30-16-31-22-11-12-28-15-21(22)25(30)29-23/h2-12,15,17H,13-14,16,27H2,1H3. The zero-order chi connectivity index (χ0) is 21.0. The Morgan fingerprint density at radius 2 is 1.77 bits per heavy atom. The monoisotopic (exact) mass is 408 g/mol. The van der Waals surface area contributed by atoms with Crippen molar-refractivity contribution in [3.63, 3.8) is 0 Å². The van der Waals surface area contributed by atoms with Gasteiger partial charge in [-0.3, -0.25) is 9.55 Å². The predicted molar refractivity (Wildman–Crippen MR) is 121 cm³/mol. The van der Waals surface area contributed by atoms with Gasteiger partial charge < -0.3 is 10.5 Å². The van der Waals surface area contributed by atoms with Crippen molar-refractivity contribution in [2.45, 2.75) is 32.0 Å². The van der Waals surface area contributed by atoms with Gasteiger partial charge in [-0.05, 0) is 30.4 Å². The van der Waals surface area contributed by atoms with Crippen molar-refractivity contribution in [3.05, 3.63) is 78.6 Å². The second-order valence-corrected chi connectivity index (χ2v) is 8.82. The summed E-state index contributed by atoms with van der Waals surface area (Å²) in [7, 11) is 0. The zero-order valence-corrected chi connectivity index (χ0v) is 17.5. The first kappa shape index (κ1) is 18.3. The maximum atomic E-state index is 6.61. The minimum absolute atomic E-state index is 0.188. The van der Waals surface area contributed by atoms with Crippen LogP contribution in [0, 0.1) is 5.92 Å². The molecule has 6 rings (SSSR count). The summed E-state index contributed by atoms with van der Waals surface area (Å²) in [5.41, 5.74) is 12.7. The van der Waals surface area contributed by atoms with E-state index in [1.807, 2.05) is 18.3 Å². The molecule has 0 spiro atoms. The molecule has 0 radical (unpaired) electrons. The first-order chi connectivity index (χ1) is 15.1. The lowest BCUT2D eigenvalue weighted by atomic mass is 9.66. The minimum atomic E-state index is -0.188. The van der Waals surface area contributed by atoms with Gasteiger partial charge in [0.15, 0.2) is 6.73 Å². The fraction of sp³-hybridized carbons (Fsp3) is 0.231. The van der Waals surface area contributed by atoms with Gasteiger partial charge in [0, 0.05) is 29.1 Å². The van der Waals surface area contributed by atoms with Crippen LogP contribution in [-0.4, -0.2) is 14.5 Å². The first-order valence-electron chi connectivity index (χ1n) is 10.8. The molecule has 3 heterocycles. The molecule has 5 heteroatoms. The number of rotatable bonds is 3. The van der Waals surface area contributed by atoms with Crippen LogP contribution in [0.3, 0.4) is 0 Å². The Morgan fingerprint density at radius 3 is 2.52 bits per heavy atom. The lowest BCUT2D eigenvalue weighted by Crippen LogP contribution is -2.47. The number of nitrogens with two attached hydrogens (primary N) is 1. The molecular weight excluding hydrogens is 384 g/mol. The van der Waals surface area contributed by atoms with Crippen LogP contribution in [-0.2, 0) is 12.3 Å². The number of ether oxygens (including phenoxy) is 1. The minimum Gasteiger partial charge on any atom is -0.472 e. The molecule has 1 aliphatic heterocycles. The SMILES string of the molecule is CC1CC(N)(c2ccc(-c3nc4n(c3-c3ccccc3)COc3ccncc3-4)cc2)C1. The van der Waals surface area contributed by atoms with Gasteiger partial charge in [-0.25, -0.2) is 4.98 Å². The molecule has 2 N–H and O–H groups in total. The topological polar surface area (TPSA) is 66.0 Å². The number of pyridine rings is 1. The Kier molecular flexibility index (Phi) is 4.02. The molecule has 0 saturated heterocycles. The molecule has 1 fully saturated rings. The molecule has 0 amide bonds. The van der Waals surface area contributed by atoms with E-state index >= 15 is 0 Å². The number of hydrogen-bond acceptors (Lipinski definition) is 4. The van der Waals surface area contributed by atoms with Crippen molar-refractivity contribution in [1.29, 1.82) is 0 Å². The van der Waals surface area contributed by atoms with Gasteiger partial charge in [-0.15, -0.1) is 0 Å². The Balaban J connectivity index is 1.50. The molecule has 2 aliphatic rings. The molecule has 2 aromatic carbocycles. The van der Waals surface area contributed by atoms with Gasteiger partial charge in [0.05, 0.1) is 17.0 Å². The van der Waals surface area contributed by atoms with Crippen molar-refractivity contribution < 1.29 is 4.74 Å². The fourth-order valence-electron chi connectivity index (χ4n) is 5.06. The van der Waals surface area contributed by atoms with E-state index in [0.29, 0.717) is 12.6 Å². The summed E-state index contributed by atoms with van der Waals surface area (Å²) in [6.07, 6.45) is 5.66. The van der Waals surface area contributed by atoms with Crippen molar-refractivity contribution in [2.75, 3.05) is 0 Å². The number of nitrogens with zero attached hydrogens (tertiary/aromatic N) is 3. The highest BCUT2D eigenvalue weighted by atomic mass is 16.5. The summed E-state index contributed by atoms with van der Waals surface area (Å²) in [4.78, 5) is 9.38. The summed E-state index contributed by atoms with van der Waals surface area (Å²) in [5, 5.41) is 0. The van der Waals surface area contributed by atoms with Crippen LogP contribution in [0.25, 0.3) is 33.9 Å². The van der Waals surface area contributed by atoms with E-state index in [1.165, 1.54) is 5.56 Å². The van der Waals surface area contributed by atoms with E-state index in [-0.39, 0.29) is 5.54 Å². The van der Waals surface area contributed by atoms with Gasteiger partial charge in [-0.2, -0.15) is 0 Å². The molecule has 2 aromatic heterocycles. The summed E-state index contributed by atoms with van der Waals surface area (Å²) in [6, 6.07) is 20.9. The molecule has 0 unspecified atom stereocenters. The van der Waals surface area contributed by atoms with Crippen LogP contribution in [0.4, 0.5) is 0 Å². The van der Waals surface area contributed by atoms with Crippen LogP contribution in [0.15, 0.2) is 73.1 Å². The smallest absolute Gasteiger partial charge is 0.167 e. The van der Waals surface area contributed by atoms with Gasteiger partial charge in [0.2, 0.25) is 0 Å². The Labute approximate surface area is 181 Å². The van der Waals surface area contributed by atoms with Crippen molar-refractivity contribution in [2.24, 2.45) is 11.7 Å². The van der Waals surface area contributed by atoms with E-state index in [4.69, 9.17) is 15.5 Å². The van der Waals surface area contributed by atoms with Gasteiger partial charge in [-0.1, -0.05) is 61.5 Å². The highest BCUT2D eigenvalue weighted by molar-refractivity contribution is 5.83. The summed E-state index contributed by atoms with van der Waals surface area (Å²) < 4.78 is 8.16. The van der Waals surface area contributed by atoms with Crippen molar-refractivity contribution in [3.8, 4) is 39.7 Å². The van der Waals surface area contributed by atoms with E-state index in [1.54, 1.807) is 6.20 Å². The zero-order valence-electron chi connectivity index (χ0n) is 17.5. The molecule has 4 aromatic rings. The third kappa shape index (κ3) is 2.88. The normalized spacial score (nSPS) is 21.5. The summed E-state index contributed by atoms with van der Waals surface area (Å²) >= 11 is 0. The molecule has 0 atom stereocenters. The highest BCUT2D eigenvalue weighted by Crippen LogP contribution is 2.44. The second kappa shape index (κ2) is 6.79. The maximum absolute atomic E-state index is 6.61. The maximum Gasteiger partial charge on any atom is 0.167 e. The lowest BCUT2D eigenvalue weighted by molar-refractivity contribution is 0.164. The fourth-order valence-corrected chi connectivity index (χ4v) is 5.06. The van der Waals surface area contributed by atoms with Gasteiger partial charge in [0.25, 0.3) is 0 Å². The van der Waals surface area contributed by atoms with Crippen molar-refractivity contribution >= 4 is 0 Å². The van der Waals surface area contributed by atoms with E-state index in [0.717, 1.165) is 52.5 Å². The van der Waals surface area contributed by atoms with E-state index < -0.39 is 0 Å². The van der Waals surface area contributed by atoms with E-state index in [2.05, 4.69) is 65.0 Å². The van der Waals surface area contributed by atoms with Gasteiger partial charge >= 0.3 is 0 Å².